The number of esters is 1. The Morgan fingerprint density at radius 1 is 1.27 bits per heavy atom. The number of hydrogen-bond donors (Lipinski definition) is 0. The van der Waals surface area contributed by atoms with E-state index in [9.17, 15) is 9.59 Å². The summed E-state index contributed by atoms with van der Waals surface area (Å²) in [4.78, 5) is 26.4. The average Bonchev–Trinajstić information content (AvgIpc) is 3.11. The van der Waals surface area contributed by atoms with Crippen molar-refractivity contribution in [2.75, 3.05) is 25.4 Å². The van der Waals surface area contributed by atoms with E-state index in [2.05, 4.69) is 24.3 Å². The van der Waals surface area contributed by atoms with Crippen LogP contribution in [0.1, 0.15) is 37.0 Å². The molecule has 0 aliphatic carbocycles. The quantitative estimate of drug-likeness (QED) is 0.273. The molecule has 1 saturated heterocycles. The van der Waals surface area contributed by atoms with E-state index in [-0.39, 0.29) is 18.2 Å². The van der Waals surface area contributed by atoms with Gasteiger partial charge < -0.3 is 14.4 Å². The van der Waals surface area contributed by atoms with Crippen LogP contribution in [0.15, 0.2) is 53.4 Å². The molecular weight excluding hydrogens is 422 g/mol. The molecule has 1 aliphatic heterocycles. The molecule has 0 spiro atoms. The number of rotatable bonds is 10. The molecule has 0 N–H and O–H groups in total. The molecule has 5 nitrogen and oxygen atoms in total. The molecule has 7 heteroatoms. The SMILES string of the molecule is CCOC(=O)CCCSc1ccc(CCN2CC(c3cccc(Cl)c3)OC2=O)cc1. The normalized spacial score (nSPS) is 15.9. The van der Waals surface area contributed by atoms with Gasteiger partial charge >= 0.3 is 12.1 Å². The average molecular weight is 448 g/mol. The summed E-state index contributed by atoms with van der Waals surface area (Å²) in [6.45, 7) is 3.40. The van der Waals surface area contributed by atoms with Gasteiger partial charge in [-0.1, -0.05) is 35.9 Å². The second-order valence-electron chi connectivity index (χ2n) is 7.02. The zero-order valence-electron chi connectivity index (χ0n) is 17.0. The van der Waals surface area contributed by atoms with Crippen molar-refractivity contribution in [3.63, 3.8) is 0 Å². The second-order valence-corrected chi connectivity index (χ2v) is 8.63. The van der Waals surface area contributed by atoms with Gasteiger partial charge in [-0.25, -0.2) is 4.79 Å². The van der Waals surface area contributed by atoms with Crippen molar-refractivity contribution in [1.82, 2.24) is 4.90 Å². The third kappa shape index (κ3) is 6.67. The van der Waals surface area contributed by atoms with Gasteiger partial charge in [0.25, 0.3) is 0 Å². The Hall–Kier alpha value is -2.18. The Morgan fingerprint density at radius 3 is 2.80 bits per heavy atom. The Morgan fingerprint density at radius 2 is 2.07 bits per heavy atom. The van der Waals surface area contributed by atoms with E-state index in [1.54, 1.807) is 16.7 Å². The first-order chi connectivity index (χ1) is 14.5. The largest absolute Gasteiger partial charge is 0.466 e. The van der Waals surface area contributed by atoms with E-state index in [1.165, 1.54) is 10.5 Å². The molecule has 2 aromatic rings. The number of thioether (sulfide) groups is 1. The summed E-state index contributed by atoms with van der Waals surface area (Å²) in [7, 11) is 0. The summed E-state index contributed by atoms with van der Waals surface area (Å²) in [5.41, 5.74) is 2.09. The van der Waals surface area contributed by atoms with Gasteiger partial charge in [-0.15, -0.1) is 11.8 Å². The summed E-state index contributed by atoms with van der Waals surface area (Å²) in [5.74, 6) is 0.745. The minimum Gasteiger partial charge on any atom is -0.466 e. The summed E-state index contributed by atoms with van der Waals surface area (Å²) in [6.07, 6.45) is 1.47. The Balaban J connectivity index is 1.41. The number of cyclic esters (lactones) is 1. The summed E-state index contributed by atoms with van der Waals surface area (Å²) in [6, 6.07) is 15.8. The molecule has 1 heterocycles. The molecule has 0 bridgehead atoms. The number of amides is 1. The molecule has 1 aliphatic rings. The lowest BCUT2D eigenvalue weighted by atomic mass is 10.1. The highest BCUT2D eigenvalue weighted by atomic mass is 35.5. The van der Waals surface area contributed by atoms with Crippen molar-refractivity contribution in [3.05, 3.63) is 64.7 Å². The van der Waals surface area contributed by atoms with Crippen molar-refractivity contribution >= 4 is 35.4 Å². The molecule has 1 unspecified atom stereocenters. The zero-order chi connectivity index (χ0) is 21.3. The third-order valence-corrected chi connectivity index (χ3v) is 6.13. The first kappa shape index (κ1) is 22.5. The maximum atomic E-state index is 12.2. The van der Waals surface area contributed by atoms with Crippen molar-refractivity contribution in [2.45, 2.75) is 37.2 Å². The number of benzene rings is 2. The van der Waals surface area contributed by atoms with Crippen LogP contribution in [0.25, 0.3) is 0 Å². The maximum absolute atomic E-state index is 12.2. The van der Waals surface area contributed by atoms with Crippen LogP contribution in [0.4, 0.5) is 4.79 Å². The lowest BCUT2D eigenvalue weighted by Crippen LogP contribution is -2.26. The molecule has 2 aromatic carbocycles. The van der Waals surface area contributed by atoms with Crippen molar-refractivity contribution in [1.29, 1.82) is 0 Å². The number of hydrogen-bond acceptors (Lipinski definition) is 5. The fourth-order valence-corrected chi connectivity index (χ4v) is 4.28. The van der Waals surface area contributed by atoms with Crippen molar-refractivity contribution < 1.29 is 19.1 Å². The Kier molecular flexibility index (Phi) is 8.46. The van der Waals surface area contributed by atoms with Crippen LogP contribution in [-0.2, 0) is 20.7 Å². The predicted molar refractivity (Wildman–Crippen MR) is 119 cm³/mol. The standard InChI is InChI=1S/C23H26ClNO4S/c1-2-28-22(26)7-4-14-30-20-10-8-17(9-11-20)12-13-25-16-21(29-23(25)27)18-5-3-6-19(24)15-18/h3,5-6,8-11,15,21H,2,4,7,12-14,16H2,1H3. The summed E-state index contributed by atoms with van der Waals surface area (Å²) < 4.78 is 10.4. The molecule has 1 atom stereocenters. The predicted octanol–water partition coefficient (Wildman–Crippen LogP) is 5.51. The molecule has 0 saturated carbocycles. The van der Waals surface area contributed by atoms with Crippen LogP contribution >= 0.6 is 23.4 Å². The number of carbonyl (C=O) groups excluding carboxylic acids is 2. The summed E-state index contributed by atoms with van der Waals surface area (Å²) in [5, 5.41) is 0.640. The van der Waals surface area contributed by atoms with Crippen LogP contribution in [0.5, 0.6) is 0 Å². The highest BCUT2D eigenvalue weighted by Gasteiger charge is 2.31. The number of halogens is 1. The van der Waals surface area contributed by atoms with Crippen molar-refractivity contribution in [3.8, 4) is 0 Å². The number of ether oxygens (including phenoxy) is 2. The third-order valence-electron chi connectivity index (χ3n) is 4.80. The van der Waals surface area contributed by atoms with E-state index >= 15 is 0 Å². The van der Waals surface area contributed by atoms with E-state index in [4.69, 9.17) is 21.1 Å². The molecule has 1 fully saturated rings. The van der Waals surface area contributed by atoms with E-state index in [0.717, 1.165) is 24.2 Å². The van der Waals surface area contributed by atoms with Crippen molar-refractivity contribution in [2.24, 2.45) is 0 Å². The Bertz CT molecular complexity index is 859. The number of nitrogens with zero attached hydrogens (tertiary/aromatic N) is 1. The minimum absolute atomic E-state index is 0.133. The second kappa shape index (κ2) is 11.3. The van der Waals surface area contributed by atoms with Gasteiger partial charge in [-0.05, 0) is 60.9 Å². The lowest BCUT2D eigenvalue weighted by Gasteiger charge is -2.13. The molecule has 30 heavy (non-hydrogen) atoms. The van der Waals surface area contributed by atoms with Gasteiger partial charge in [0.2, 0.25) is 0 Å². The molecule has 3 rings (SSSR count). The van der Waals surface area contributed by atoms with Crippen LogP contribution in [0, 0.1) is 0 Å². The van der Waals surface area contributed by atoms with Gasteiger partial charge in [0.05, 0.1) is 13.2 Å². The molecule has 0 aromatic heterocycles. The zero-order valence-corrected chi connectivity index (χ0v) is 18.6. The first-order valence-electron chi connectivity index (χ1n) is 10.1. The highest BCUT2D eigenvalue weighted by molar-refractivity contribution is 7.99. The highest BCUT2D eigenvalue weighted by Crippen LogP contribution is 2.28. The molecule has 1 amide bonds. The van der Waals surface area contributed by atoms with Gasteiger partial charge in [0.15, 0.2) is 0 Å². The summed E-state index contributed by atoms with van der Waals surface area (Å²) >= 11 is 7.77. The number of carbonyl (C=O) groups is 2. The molecule has 0 radical (unpaired) electrons. The van der Waals surface area contributed by atoms with Crippen LogP contribution in [0.3, 0.4) is 0 Å². The van der Waals surface area contributed by atoms with E-state index < -0.39 is 0 Å². The fourth-order valence-electron chi connectivity index (χ4n) is 3.23. The lowest BCUT2D eigenvalue weighted by molar-refractivity contribution is -0.143. The minimum atomic E-state index is -0.284. The topological polar surface area (TPSA) is 55.8 Å². The van der Waals surface area contributed by atoms with Gasteiger partial charge in [0.1, 0.15) is 6.10 Å². The first-order valence-corrected chi connectivity index (χ1v) is 11.5. The van der Waals surface area contributed by atoms with Gasteiger partial charge in [-0.2, -0.15) is 0 Å². The Labute approximate surface area is 186 Å². The van der Waals surface area contributed by atoms with Gasteiger partial charge in [0, 0.05) is 22.9 Å². The smallest absolute Gasteiger partial charge is 0.410 e. The fraction of sp³-hybridized carbons (Fsp3) is 0.391. The van der Waals surface area contributed by atoms with Gasteiger partial charge in [-0.3, -0.25) is 4.79 Å². The van der Waals surface area contributed by atoms with Crippen LogP contribution < -0.4 is 0 Å². The van der Waals surface area contributed by atoms with Crippen LogP contribution in [0.2, 0.25) is 5.02 Å². The van der Waals surface area contributed by atoms with E-state index in [0.29, 0.717) is 31.1 Å². The van der Waals surface area contributed by atoms with Crippen LogP contribution in [-0.4, -0.2) is 42.4 Å². The molecule has 160 valence electrons. The monoisotopic (exact) mass is 447 g/mol. The van der Waals surface area contributed by atoms with E-state index in [1.807, 2.05) is 31.2 Å². The molecular formula is C23H26ClNO4S. The maximum Gasteiger partial charge on any atom is 0.410 e.